The molecule has 2 aromatic heterocycles. The quantitative estimate of drug-likeness (QED) is 0.700. The first-order valence-electron chi connectivity index (χ1n) is 7.17. The number of aromatic nitrogens is 2. The van der Waals surface area contributed by atoms with E-state index in [1.54, 1.807) is 6.20 Å². The SMILES string of the molecule is CC(C)Cc1cc(-c2ccccc2)c(-c2cnco2)cn1. The molecular weight excluding hydrogens is 260 g/mol. The molecule has 3 aromatic rings. The van der Waals surface area contributed by atoms with Gasteiger partial charge in [0.15, 0.2) is 12.2 Å². The van der Waals surface area contributed by atoms with E-state index in [1.807, 2.05) is 24.4 Å². The minimum atomic E-state index is 0.581. The van der Waals surface area contributed by atoms with Crippen LogP contribution in [0.4, 0.5) is 0 Å². The third-order valence-corrected chi connectivity index (χ3v) is 3.36. The van der Waals surface area contributed by atoms with Crippen LogP contribution >= 0.6 is 0 Å². The molecule has 0 fully saturated rings. The predicted molar refractivity (Wildman–Crippen MR) is 83.7 cm³/mol. The van der Waals surface area contributed by atoms with Gasteiger partial charge in [-0.05, 0) is 29.5 Å². The summed E-state index contributed by atoms with van der Waals surface area (Å²) in [6.45, 7) is 4.41. The van der Waals surface area contributed by atoms with Gasteiger partial charge in [0.1, 0.15) is 0 Å². The van der Waals surface area contributed by atoms with Crippen molar-refractivity contribution in [1.82, 2.24) is 9.97 Å². The summed E-state index contributed by atoms with van der Waals surface area (Å²) in [7, 11) is 0. The van der Waals surface area contributed by atoms with Crippen LogP contribution in [0.1, 0.15) is 19.5 Å². The second-order valence-corrected chi connectivity index (χ2v) is 5.55. The van der Waals surface area contributed by atoms with Gasteiger partial charge in [-0.1, -0.05) is 44.2 Å². The Morgan fingerprint density at radius 1 is 1.05 bits per heavy atom. The van der Waals surface area contributed by atoms with Crippen molar-refractivity contribution in [1.29, 1.82) is 0 Å². The number of benzene rings is 1. The lowest BCUT2D eigenvalue weighted by Crippen LogP contribution is -1.98. The number of hydrogen-bond donors (Lipinski definition) is 0. The molecule has 3 nitrogen and oxygen atoms in total. The summed E-state index contributed by atoms with van der Waals surface area (Å²) in [6, 6.07) is 12.5. The van der Waals surface area contributed by atoms with E-state index < -0.39 is 0 Å². The Morgan fingerprint density at radius 3 is 2.52 bits per heavy atom. The van der Waals surface area contributed by atoms with Gasteiger partial charge in [0.2, 0.25) is 0 Å². The van der Waals surface area contributed by atoms with Crippen LogP contribution in [0.15, 0.2) is 59.6 Å². The lowest BCUT2D eigenvalue weighted by Gasteiger charge is -2.11. The number of oxazole rings is 1. The van der Waals surface area contributed by atoms with Gasteiger partial charge in [-0.3, -0.25) is 4.98 Å². The number of nitrogens with zero attached hydrogens (tertiary/aromatic N) is 2. The van der Waals surface area contributed by atoms with E-state index in [4.69, 9.17) is 4.42 Å². The molecule has 0 atom stereocenters. The average molecular weight is 278 g/mol. The Bertz CT molecular complexity index is 703. The van der Waals surface area contributed by atoms with Crippen LogP contribution in [0.25, 0.3) is 22.5 Å². The number of rotatable bonds is 4. The Kier molecular flexibility index (Phi) is 3.82. The van der Waals surface area contributed by atoms with Crippen LogP contribution in [-0.4, -0.2) is 9.97 Å². The summed E-state index contributed by atoms with van der Waals surface area (Å²) in [5, 5.41) is 0. The maximum atomic E-state index is 5.45. The van der Waals surface area contributed by atoms with Crippen molar-refractivity contribution >= 4 is 0 Å². The van der Waals surface area contributed by atoms with Crippen molar-refractivity contribution in [3.8, 4) is 22.5 Å². The van der Waals surface area contributed by atoms with E-state index in [9.17, 15) is 0 Å². The third-order valence-electron chi connectivity index (χ3n) is 3.36. The zero-order chi connectivity index (χ0) is 14.7. The maximum absolute atomic E-state index is 5.45. The van der Waals surface area contributed by atoms with Gasteiger partial charge in [-0.15, -0.1) is 0 Å². The Hall–Kier alpha value is -2.42. The molecule has 0 spiro atoms. The first kappa shape index (κ1) is 13.6. The third kappa shape index (κ3) is 3.02. The van der Waals surface area contributed by atoms with Gasteiger partial charge in [0.05, 0.1) is 6.20 Å². The molecule has 3 heteroatoms. The summed E-state index contributed by atoms with van der Waals surface area (Å²) in [5.74, 6) is 1.33. The highest BCUT2D eigenvalue weighted by atomic mass is 16.3. The van der Waals surface area contributed by atoms with Crippen molar-refractivity contribution < 1.29 is 4.42 Å². The van der Waals surface area contributed by atoms with Crippen LogP contribution in [-0.2, 0) is 6.42 Å². The highest BCUT2D eigenvalue weighted by Gasteiger charge is 2.12. The molecule has 0 aliphatic rings. The van der Waals surface area contributed by atoms with Gasteiger partial charge in [0.25, 0.3) is 0 Å². The Morgan fingerprint density at radius 2 is 1.86 bits per heavy atom. The Balaban J connectivity index is 2.12. The normalized spacial score (nSPS) is 11.0. The van der Waals surface area contributed by atoms with Gasteiger partial charge >= 0.3 is 0 Å². The first-order valence-corrected chi connectivity index (χ1v) is 7.17. The molecule has 0 N–H and O–H groups in total. The zero-order valence-electron chi connectivity index (χ0n) is 12.3. The van der Waals surface area contributed by atoms with E-state index >= 15 is 0 Å². The predicted octanol–water partition coefficient (Wildman–Crippen LogP) is 4.60. The minimum Gasteiger partial charge on any atom is -0.443 e. The topological polar surface area (TPSA) is 38.9 Å². The molecule has 0 aliphatic heterocycles. The molecule has 106 valence electrons. The van der Waals surface area contributed by atoms with E-state index in [2.05, 4.69) is 42.0 Å². The van der Waals surface area contributed by atoms with Crippen molar-refractivity contribution in [2.45, 2.75) is 20.3 Å². The largest absolute Gasteiger partial charge is 0.443 e. The van der Waals surface area contributed by atoms with Crippen molar-refractivity contribution in [3.63, 3.8) is 0 Å². The van der Waals surface area contributed by atoms with Crippen LogP contribution in [0.2, 0.25) is 0 Å². The van der Waals surface area contributed by atoms with Crippen molar-refractivity contribution in [3.05, 3.63) is 60.9 Å². The molecule has 0 saturated heterocycles. The average Bonchev–Trinajstić information content (AvgIpc) is 3.01. The first-order chi connectivity index (χ1) is 10.2. The molecule has 1 aromatic carbocycles. The minimum absolute atomic E-state index is 0.581. The van der Waals surface area contributed by atoms with Crippen LogP contribution in [0.5, 0.6) is 0 Å². The van der Waals surface area contributed by atoms with Gasteiger partial charge < -0.3 is 4.42 Å². The summed E-state index contributed by atoms with van der Waals surface area (Å²) in [4.78, 5) is 8.58. The molecule has 0 bridgehead atoms. The molecule has 0 radical (unpaired) electrons. The van der Waals surface area contributed by atoms with E-state index in [-0.39, 0.29) is 0 Å². The second kappa shape index (κ2) is 5.92. The van der Waals surface area contributed by atoms with Crippen LogP contribution in [0.3, 0.4) is 0 Å². The highest BCUT2D eigenvalue weighted by Crippen LogP contribution is 2.32. The van der Waals surface area contributed by atoms with Gasteiger partial charge in [0, 0.05) is 17.5 Å². The monoisotopic (exact) mass is 278 g/mol. The van der Waals surface area contributed by atoms with Gasteiger partial charge in [-0.25, -0.2) is 4.98 Å². The zero-order valence-corrected chi connectivity index (χ0v) is 12.3. The fraction of sp³-hybridized carbons (Fsp3) is 0.222. The number of pyridine rings is 1. The van der Waals surface area contributed by atoms with Crippen molar-refractivity contribution in [2.75, 3.05) is 0 Å². The molecule has 0 unspecified atom stereocenters. The lowest BCUT2D eigenvalue weighted by molar-refractivity contribution is 0.571. The van der Waals surface area contributed by atoms with Crippen LogP contribution < -0.4 is 0 Å². The van der Waals surface area contributed by atoms with E-state index in [1.165, 1.54) is 6.39 Å². The highest BCUT2D eigenvalue weighted by molar-refractivity contribution is 5.80. The fourth-order valence-corrected chi connectivity index (χ4v) is 2.43. The standard InChI is InChI=1S/C18H18N2O/c1-13(2)8-15-9-16(14-6-4-3-5-7-14)17(10-20-15)18-11-19-12-21-18/h3-7,9-13H,8H2,1-2H3. The van der Waals surface area contributed by atoms with E-state index in [0.717, 1.165) is 34.6 Å². The maximum Gasteiger partial charge on any atom is 0.181 e. The molecule has 0 aliphatic carbocycles. The fourth-order valence-electron chi connectivity index (χ4n) is 2.43. The summed E-state index contributed by atoms with van der Waals surface area (Å²) < 4.78 is 5.45. The molecule has 0 amide bonds. The molecule has 0 saturated carbocycles. The molecule has 21 heavy (non-hydrogen) atoms. The summed E-state index contributed by atoms with van der Waals surface area (Å²) in [6.07, 6.45) is 6.04. The van der Waals surface area contributed by atoms with Gasteiger partial charge in [-0.2, -0.15) is 0 Å². The summed E-state index contributed by atoms with van der Waals surface area (Å²) >= 11 is 0. The molecular formula is C18H18N2O. The molecule has 2 heterocycles. The van der Waals surface area contributed by atoms with Crippen LogP contribution in [0, 0.1) is 5.92 Å². The smallest absolute Gasteiger partial charge is 0.181 e. The number of hydrogen-bond acceptors (Lipinski definition) is 3. The van der Waals surface area contributed by atoms with E-state index in [0.29, 0.717) is 5.92 Å². The molecule has 3 rings (SSSR count). The Labute approximate surface area is 124 Å². The second-order valence-electron chi connectivity index (χ2n) is 5.55. The summed E-state index contributed by atoms with van der Waals surface area (Å²) in [5.41, 5.74) is 4.38. The van der Waals surface area contributed by atoms with Crippen molar-refractivity contribution in [2.24, 2.45) is 5.92 Å². The lowest BCUT2D eigenvalue weighted by atomic mass is 9.97.